The standard InChI is InChI=1S/C20H30O2/c1-12-5-6-13-9-16-14-11-22-17(14)7-8-20(16,4)18(21)10-15(12)19(13,2)3/h13-14,16-17H,5-11H2,1-4H3. The first-order valence-electron chi connectivity index (χ1n) is 9.18. The maximum Gasteiger partial charge on any atom is 0.143 e. The van der Waals surface area contributed by atoms with Gasteiger partial charge in [0.25, 0.3) is 0 Å². The van der Waals surface area contributed by atoms with Gasteiger partial charge < -0.3 is 4.74 Å². The van der Waals surface area contributed by atoms with Gasteiger partial charge in [0.1, 0.15) is 5.78 Å². The monoisotopic (exact) mass is 302 g/mol. The lowest BCUT2D eigenvalue weighted by Crippen LogP contribution is -2.58. The molecule has 0 spiro atoms. The lowest BCUT2D eigenvalue weighted by Gasteiger charge is -2.57. The van der Waals surface area contributed by atoms with Gasteiger partial charge in [-0.3, -0.25) is 4.79 Å². The van der Waals surface area contributed by atoms with Crippen LogP contribution >= 0.6 is 0 Å². The molecule has 22 heavy (non-hydrogen) atoms. The van der Waals surface area contributed by atoms with E-state index in [1.165, 1.54) is 30.4 Å². The second kappa shape index (κ2) is 4.69. The van der Waals surface area contributed by atoms with Gasteiger partial charge in [0.2, 0.25) is 0 Å². The van der Waals surface area contributed by atoms with E-state index in [4.69, 9.17) is 4.74 Å². The normalized spacial score (nSPS) is 47.0. The molecule has 0 aromatic rings. The summed E-state index contributed by atoms with van der Waals surface area (Å²) in [6.45, 7) is 10.2. The Labute approximate surface area is 134 Å². The van der Waals surface area contributed by atoms with Crippen molar-refractivity contribution in [1.82, 2.24) is 0 Å². The van der Waals surface area contributed by atoms with E-state index < -0.39 is 0 Å². The quantitative estimate of drug-likeness (QED) is 0.614. The van der Waals surface area contributed by atoms with Crippen molar-refractivity contribution in [1.29, 1.82) is 0 Å². The Morgan fingerprint density at radius 3 is 2.64 bits per heavy atom. The Morgan fingerprint density at radius 2 is 1.95 bits per heavy atom. The van der Waals surface area contributed by atoms with Crippen LogP contribution in [0.4, 0.5) is 0 Å². The maximum atomic E-state index is 13.3. The Balaban J connectivity index is 1.77. The average Bonchev–Trinajstić information content (AvgIpc) is 2.42. The van der Waals surface area contributed by atoms with Crippen LogP contribution in [0.15, 0.2) is 11.1 Å². The van der Waals surface area contributed by atoms with E-state index in [0.29, 0.717) is 30.1 Å². The molecule has 0 aromatic carbocycles. The molecule has 3 aliphatic carbocycles. The molecule has 2 heteroatoms. The number of Topliss-reactive ketones (excluding diaryl/α,β-unsaturated/α-hetero) is 1. The van der Waals surface area contributed by atoms with Gasteiger partial charge in [-0.15, -0.1) is 0 Å². The van der Waals surface area contributed by atoms with Crippen molar-refractivity contribution in [2.45, 2.75) is 72.3 Å². The summed E-state index contributed by atoms with van der Waals surface area (Å²) >= 11 is 0. The zero-order valence-corrected chi connectivity index (χ0v) is 14.6. The van der Waals surface area contributed by atoms with E-state index in [-0.39, 0.29) is 10.8 Å². The van der Waals surface area contributed by atoms with Gasteiger partial charge in [-0.05, 0) is 56.3 Å². The molecule has 2 saturated carbocycles. The molecule has 1 saturated heterocycles. The van der Waals surface area contributed by atoms with Crippen LogP contribution < -0.4 is 0 Å². The third-order valence-corrected chi connectivity index (χ3v) is 7.96. The molecule has 3 fully saturated rings. The summed E-state index contributed by atoms with van der Waals surface area (Å²) in [4.78, 5) is 13.3. The molecule has 122 valence electrons. The van der Waals surface area contributed by atoms with E-state index in [2.05, 4.69) is 27.7 Å². The minimum absolute atomic E-state index is 0.0947. The minimum atomic E-state index is -0.0947. The molecule has 2 nitrogen and oxygen atoms in total. The topological polar surface area (TPSA) is 26.3 Å². The van der Waals surface area contributed by atoms with Crippen molar-refractivity contribution >= 4 is 5.78 Å². The van der Waals surface area contributed by atoms with Crippen molar-refractivity contribution in [3.8, 4) is 0 Å². The highest BCUT2D eigenvalue weighted by Gasteiger charge is 2.57. The van der Waals surface area contributed by atoms with Crippen molar-refractivity contribution in [3.05, 3.63) is 11.1 Å². The third kappa shape index (κ3) is 1.85. The fourth-order valence-electron chi connectivity index (χ4n) is 6.06. The van der Waals surface area contributed by atoms with Gasteiger partial charge in [0, 0.05) is 17.8 Å². The molecular formula is C20H30O2. The molecular weight excluding hydrogens is 272 g/mol. The Morgan fingerprint density at radius 1 is 1.18 bits per heavy atom. The van der Waals surface area contributed by atoms with E-state index in [9.17, 15) is 4.79 Å². The number of hydrogen-bond acceptors (Lipinski definition) is 2. The highest BCUT2D eigenvalue weighted by atomic mass is 16.5. The maximum absolute atomic E-state index is 13.3. The van der Waals surface area contributed by atoms with E-state index in [1.54, 1.807) is 0 Å². The average molecular weight is 302 g/mol. The van der Waals surface area contributed by atoms with Crippen LogP contribution in [0, 0.1) is 28.6 Å². The van der Waals surface area contributed by atoms with Crippen LogP contribution in [0.1, 0.15) is 66.2 Å². The highest BCUT2D eigenvalue weighted by Crippen LogP contribution is 2.59. The van der Waals surface area contributed by atoms with Crippen LogP contribution in [0.2, 0.25) is 0 Å². The van der Waals surface area contributed by atoms with E-state index >= 15 is 0 Å². The number of allylic oxidation sites excluding steroid dienone is 2. The van der Waals surface area contributed by atoms with Gasteiger partial charge >= 0.3 is 0 Å². The van der Waals surface area contributed by atoms with Crippen LogP contribution in [-0.2, 0) is 9.53 Å². The molecule has 0 amide bonds. The second-order valence-electron chi connectivity index (χ2n) is 9.15. The first-order chi connectivity index (χ1) is 10.3. The lowest BCUT2D eigenvalue weighted by atomic mass is 9.50. The first kappa shape index (κ1) is 14.9. The molecule has 0 aromatic heterocycles. The molecule has 4 rings (SSSR count). The van der Waals surface area contributed by atoms with Crippen LogP contribution in [0.5, 0.6) is 0 Å². The summed E-state index contributed by atoms with van der Waals surface area (Å²) in [5.74, 6) is 2.46. The minimum Gasteiger partial charge on any atom is -0.377 e. The number of hydrogen-bond donors (Lipinski definition) is 0. The first-order valence-corrected chi connectivity index (χ1v) is 9.18. The third-order valence-electron chi connectivity index (χ3n) is 7.96. The van der Waals surface area contributed by atoms with Crippen molar-refractivity contribution in [2.75, 3.05) is 6.61 Å². The molecule has 5 atom stereocenters. The molecule has 5 unspecified atom stereocenters. The lowest BCUT2D eigenvalue weighted by molar-refractivity contribution is -0.198. The van der Waals surface area contributed by atoms with Gasteiger partial charge in [-0.25, -0.2) is 0 Å². The van der Waals surface area contributed by atoms with Crippen molar-refractivity contribution < 1.29 is 9.53 Å². The van der Waals surface area contributed by atoms with Gasteiger partial charge in [0.05, 0.1) is 12.7 Å². The molecule has 1 heterocycles. The van der Waals surface area contributed by atoms with Crippen LogP contribution in [0.3, 0.4) is 0 Å². The molecule has 0 N–H and O–H groups in total. The van der Waals surface area contributed by atoms with Gasteiger partial charge in [-0.2, -0.15) is 0 Å². The van der Waals surface area contributed by atoms with Gasteiger partial charge in [0.15, 0.2) is 0 Å². The number of ether oxygens (including phenoxy) is 1. The van der Waals surface area contributed by atoms with Crippen molar-refractivity contribution in [2.24, 2.45) is 28.6 Å². The molecule has 1 aliphatic heterocycles. The second-order valence-corrected chi connectivity index (χ2v) is 9.15. The predicted octanol–water partition coefficient (Wildman–Crippen LogP) is 4.53. The zero-order valence-electron chi connectivity index (χ0n) is 14.6. The van der Waals surface area contributed by atoms with Crippen molar-refractivity contribution in [3.63, 3.8) is 0 Å². The number of rotatable bonds is 0. The summed E-state index contributed by atoms with van der Waals surface area (Å²) in [6.07, 6.45) is 7.03. The molecule has 2 bridgehead atoms. The Bertz CT molecular complexity index is 544. The SMILES string of the molecule is CC1=C2CC(=O)C3(C)CCC4OCC4C3CC(CC1)C2(C)C. The van der Waals surface area contributed by atoms with E-state index in [0.717, 1.165) is 25.4 Å². The summed E-state index contributed by atoms with van der Waals surface area (Å²) in [6, 6.07) is 0. The Hall–Kier alpha value is -0.630. The van der Waals surface area contributed by atoms with Crippen LogP contribution in [0.25, 0.3) is 0 Å². The zero-order chi connectivity index (χ0) is 15.7. The number of carbonyl (C=O) groups is 1. The highest BCUT2D eigenvalue weighted by molar-refractivity contribution is 5.87. The fourth-order valence-corrected chi connectivity index (χ4v) is 6.06. The largest absolute Gasteiger partial charge is 0.377 e. The summed E-state index contributed by atoms with van der Waals surface area (Å²) < 4.78 is 5.79. The van der Waals surface area contributed by atoms with Crippen LogP contribution in [-0.4, -0.2) is 18.5 Å². The summed E-state index contributed by atoms with van der Waals surface area (Å²) in [5, 5.41) is 0. The Kier molecular flexibility index (Phi) is 3.18. The van der Waals surface area contributed by atoms with E-state index in [1.807, 2.05) is 0 Å². The predicted molar refractivity (Wildman–Crippen MR) is 87.5 cm³/mol. The fraction of sp³-hybridized carbons (Fsp3) is 0.850. The summed E-state index contributed by atoms with van der Waals surface area (Å²) in [5.41, 5.74) is 3.08. The smallest absolute Gasteiger partial charge is 0.143 e. The van der Waals surface area contributed by atoms with Gasteiger partial charge in [-0.1, -0.05) is 31.9 Å². The molecule has 0 radical (unpaired) electrons. The molecule has 4 aliphatic rings. The number of ketones is 1. The summed E-state index contributed by atoms with van der Waals surface area (Å²) in [7, 11) is 0. The number of fused-ring (bicyclic) bond motifs is 5. The number of carbonyl (C=O) groups excluding carboxylic acids is 1.